The van der Waals surface area contributed by atoms with E-state index in [0.29, 0.717) is 35.4 Å². The van der Waals surface area contributed by atoms with E-state index in [-0.39, 0.29) is 29.4 Å². The Hall–Kier alpha value is -4.54. The van der Waals surface area contributed by atoms with Crippen LogP contribution in [0.15, 0.2) is 61.1 Å². The first-order valence-corrected chi connectivity index (χ1v) is 12.8. The number of rotatable bonds is 4. The van der Waals surface area contributed by atoms with E-state index in [1.54, 1.807) is 23.2 Å². The molecule has 1 saturated carbocycles. The van der Waals surface area contributed by atoms with E-state index >= 15 is 8.78 Å². The number of nitrogens with zero attached hydrogens (tertiary/aromatic N) is 7. The molecule has 1 amide bonds. The summed E-state index contributed by atoms with van der Waals surface area (Å²) in [6, 6.07) is 9.47. The number of benzene rings is 2. The lowest BCUT2D eigenvalue weighted by Crippen LogP contribution is -2.39. The van der Waals surface area contributed by atoms with Gasteiger partial charge in [0.2, 0.25) is 0 Å². The van der Waals surface area contributed by atoms with Gasteiger partial charge < -0.3 is 9.47 Å². The lowest BCUT2D eigenvalue weighted by molar-refractivity contribution is 0.0630. The highest BCUT2D eigenvalue weighted by Gasteiger charge is 2.37. The van der Waals surface area contributed by atoms with Crippen LogP contribution in [-0.2, 0) is 6.54 Å². The van der Waals surface area contributed by atoms with Crippen molar-refractivity contribution in [1.29, 1.82) is 0 Å². The molecule has 2 aliphatic rings. The van der Waals surface area contributed by atoms with Crippen LogP contribution in [0.1, 0.15) is 47.6 Å². The Morgan fingerprint density at radius 1 is 0.923 bits per heavy atom. The highest BCUT2D eigenvalue weighted by atomic mass is 19.1. The van der Waals surface area contributed by atoms with Crippen LogP contribution in [0.5, 0.6) is 0 Å². The number of carbonyl (C=O) groups excluding carboxylic acids is 1. The number of carbonyl (C=O) groups is 1. The van der Waals surface area contributed by atoms with Crippen LogP contribution < -0.4 is 0 Å². The zero-order valence-corrected chi connectivity index (χ0v) is 20.6. The highest BCUT2D eigenvalue weighted by molar-refractivity contribution is 5.98. The second-order valence-corrected chi connectivity index (χ2v) is 9.96. The van der Waals surface area contributed by atoms with Gasteiger partial charge in [-0.2, -0.15) is 10.2 Å². The number of aromatic nitrogens is 6. The maximum atomic E-state index is 15.1. The van der Waals surface area contributed by atoms with Gasteiger partial charge in [-0.1, -0.05) is 12.1 Å². The van der Waals surface area contributed by atoms with Gasteiger partial charge in [0.1, 0.15) is 28.8 Å². The van der Waals surface area contributed by atoms with Gasteiger partial charge in [0.25, 0.3) is 5.91 Å². The van der Waals surface area contributed by atoms with Crippen molar-refractivity contribution in [1.82, 2.24) is 34.4 Å². The van der Waals surface area contributed by atoms with Crippen LogP contribution in [0.25, 0.3) is 28.2 Å². The molecule has 196 valence electrons. The van der Waals surface area contributed by atoms with Gasteiger partial charge in [0.15, 0.2) is 5.82 Å². The SMILES string of the molecule is O=C1c2cc(F)ccc2CN1C1CCCC(n2c(-c3c(F)cccc3F)nc3cnc(-n4nccn4)cc32)C1. The number of hydrogen-bond acceptors (Lipinski definition) is 5. The lowest BCUT2D eigenvalue weighted by Gasteiger charge is -2.36. The summed E-state index contributed by atoms with van der Waals surface area (Å²) < 4.78 is 45.8. The van der Waals surface area contributed by atoms with Gasteiger partial charge in [0, 0.05) is 30.3 Å². The molecule has 5 aromatic rings. The van der Waals surface area contributed by atoms with Crippen LogP contribution in [0.2, 0.25) is 0 Å². The smallest absolute Gasteiger partial charge is 0.254 e. The van der Waals surface area contributed by atoms with Crippen LogP contribution in [0, 0.1) is 17.5 Å². The van der Waals surface area contributed by atoms with Crippen LogP contribution in [0.3, 0.4) is 0 Å². The summed E-state index contributed by atoms with van der Waals surface area (Å²) in [6.45, 7) is 0.407. The third-order valence-corrected chi connectivity index (χ3v) is 7.70. The Balaban J connectivity index is 1.33. The second kappa shape index (κ2) is 9.04. The molecule has 0 spiro atoms. The molecule has 0 radical (unpaired) electrons. The zero-order chi connectivity index (χ0) is 26.7. The van der Waals surface area contributed by atoms with E-state index in [9.17, 15) is 9.18 Å². The maximum absolute atomic E-state index is 15.1. The van der Waals surface area contributed by atoms with Crippen molar-refractivity contribution in [2.24, 2.45) is 0 Å². The molecule has 4 heterocycles. The molecule has 8 nitrogen and oxygen atoms in total. The van der Waals surface area contributed by atoms with Crippen molar-refractivity contribution in [3.05, 3.63) is 89.6 Å². The molecule has 3 aromatic heterocycles. The van der Waals surface area contributed by atoms with Crippen molar-refractivity contribution < 1.29 is 18.0 Å². The second-order valence-electron chi connectivity index (χ2n) is 9.96. The maximum Gasteiger partial charge on any atom is 0.254 e. The normalized spacial score (nSPS) is 19.2. The van der Waals surface area contributed by atoms with Crippen molar-refractivity contribution in [3.63, 3.8) is 0 Å². The number of imidazole rings is 1. The molecule has 0 saturated heterocycles. The Kier molecular flexibility index (Phi) is 5.46. The van der Waals surface area contributed by atoms with Crippen LogP contribution >= 0.6 is 0 Å². The van der Waals surface area contributed by atoms with Gasteiger partial charge in [-0.15, -0.1) is 4.80 Å². The van der Waals surface area contributed by atoms with Gasteiger partial charge >= 0.3 is 0 Å². The molecule has 7 rings (SSSR count). The standard InChI is InChI=1S/C28H22F3N7O/c29-17-8-7-16-15-36(28(39)20(16)11-17)18-3-1-4-19(12-18)37-24-13-25(38-33-9-10-34-38)32-14-23(24)35-27(37)26-21(30)5-2-6-22(26)31/h2,5-11,13-14,18-19H,1,3-4,12,15H2. The lowest BCUT2D eigenvalue weighted by atomic mass is 9.89. The van der Waals surface area contributed by atoms with E-state index in [1.807, 2.05) is 4.57 Å². The molecule has 2 unspecified atom stereocenters. The first-order chi connectivity index (χ1) is 19.0. The predicted octanol–water partition coefficient (Wildman–Crippen LogP) is 5.24. The largest absolute Gasteiger partial charge is 0.331 e. The summed E-state index contributed by atoms with van der Waals surface area (Å²) in [5.41, 5.74) is 2.09. The number of pyridine rings is 1. The van der Waals surface area contributed by atoms with E-state index in [0.717, 1.165) is 24.8 Å². The fourth-order valence-electron chi connectivity index (χ4n) is 5.94. The average molecular weight is 530 g/mol. The zero-order valence-electron chi connectivity index (χ0n) is 20.6. The van der Waals surface area contributed by atoms with Crippen molar-refractivity contribution in [2.75, 3.05) is 0 Å². The van der Waals surface area contributed by atoms with Crippen molar-refractivity contribution in [3.8, 4) is 17.2 Å². The Labute approximate surface area is 220 Å². The number of halogens is 3. The van der Waals surface area contributed by atoms with Crippen molar-refractivity contribution >= 4 is 16.9 Å². The molecule has 11 heteroatoms. The number of fused-ring (bicyclic) bond motifs is 2. The third kappa shape index (κ3) is 3.87. The fourth-order valence-corrected chi connectivity index (χ4v) is 5.94. The first-order valence-electron chi connectivity index (χ1n) is 12.8. The summed E-state index contributed by atoms with van der Waals surface area (Å²) in [5.74, 6) is -1.46. The molecule has 0 N–H and O–H groups in total. The minimum Gasteiger partial charge on any atom is -0.331 e. The van der Waals surface area contributed by atoms with Crippen molar-refractivity contribution in [2.45, 2.75) is 44.3 Å². The Morgan fingerprint density at radius 3 is 2.49 bits per heavy atom. The van der Waals surface area contributed by atoms with E-state index in [1.165, 1.54) is 47.5 Å². The fraction of sp³-hybridized carbons (Fsp3) is 0.250. The molecule has 1 fully saturated rings. The Morgan fingerprint density at radius 2 is 1.69 bits per heavy atom. The monoisotopic (exact) mass is 529 g/mol. The van der Waals surface area contributed by atoms with Gasteiger partial charge in [0.05, 0.1) is 29.7 Å². The molecule has 0 bridgehead atoms. The van der Waals surface area contributed by atoms with Gasteiger partial charge in [-0.05, 0) is 55.5 Å². The summed E-state index contributed by atoms with van der Waals surface area (Å²) in [6.07, 6.45) is 7.46. The summed E-state index contributed by atoms with van der Waals surface area (Å²) in [5, 5.41) is 8.30. The Bertz CT molecular complexity index is 1710. The summed E-state index contributed by atoms with van der Waals surface area (Å²) in [4.78, 5) is 25.4. The molecule has 2 aromatic carbocycles. The van der Waals surface area contributed by atoms with Crippen LogP contribution in [0.4, 0.5) is 13.2 Å². The van der Waals surface area contributed by atoms with E-state index < -0.39 is 17.5 Å². The first kappa shape index (κ1) is 23.6. The summed E-state index contributed by atoms with van der Waals surface area (Å²) in [7, 11) is 0. The molecular formula is C28H22F3N7O. The average Bonchev–Trinajstić information content (AvgIpc) is 3.67. The van der Waals surface area contributed by atoms with Gasteiger partial charge in [-0.3, -0.25) is 4.79 Å². The molecule has 1 aliphatic carbocycles. The van der Waals surface area contributed by atoms with E-state index in [2.05, 4.69) is 20.2 Å². The molecule has 39 heavy (non-hydrogen) atoms. The topological polar surface area (TPSA) is 81.7 Å². The van der Waals surface area contributed by atoms with Gasteiger partial charge in [-0.25, -0.2) is 23.1 Å². The number of hydrogen-bond donors (Lipinski definition) is 0. The van der Waals surface area contributed by atoms with Crippen LogP contribution in [-0.4, -0.2) is 46.4 Å². The quantitative estimate of drug-likeness (QED) is 0.318. The molecule has 2 atom stereocenters. The predicted molar refractivity (Wildman–Crippen MR) is 135 cm³/mol. The third-order valence-electron chi connectivity index (χ3n) is 7.70. The minimum atomic E-state index is -0.715. The highest BCUT2D eigenvalue weighted by Crippen LogP contribution is 2.40. The number of amides is 1. The minimum absolute atomic E-state index is 0.128. The molecular weight excluding hydrogens is 507 g/mol. The molecule has 1 aliphatic heterocycles. The van der Waals surface area contributed by atoms with E-state index in [4.69, 9.17) is 0 Å². The summed E-state index contributed by atoms with van der Waals surface area (Å²) >= 11 is 0.